The first kappa shape index (κ1) is 109. The molecular formula is C102H146F9N5O2S. The Morgan fingerprint density at radius 2 is 0.731 bits per heavy atom. The number of anilines is 1. The van der Waals surface area contributed by atoms with Crippen LogP contribution in [-0.4, -0.2) is 96.8 Å². The number of nitrogens with one attached hydrogen (secondary N) is 2. The molecule has 0 aromatic heterocycles. The van der Waals surface area contributed by atoms with E-state index in [-0.39, 0.29) is 78.2 Å². The van der Waals surface area contributed by atoms with Gasteiger partial charge in [0.25, 0.3) is 0 Å². The van der Waals surface area contributed by atoms with Gasteiger partial charge in [0.15, 0.2) is 0 Å². The topological polar surface area (TPSA) is 67.9 Å². The van der Waals surface area contributed by atoms with Crippen molar-refractivity contribution in [1.82, 2.24) is 19.4 Å². The van der Waals surface area contributed by atoms with Crippen molar-refractivity contribution < 1.29 is 47.9 Å². The molecule has 9 aromatic carbocycles. The molecule has 0 amide bonds. The normalized spacial score (nSPS) is 11.8. The first-order valence-electron chi connectivity index (χ1n) is 41.9. The number of hydrogen-bond donors (Lipinski definition) is 2. The largest absolute Gasteiger partial charge is 0.384 e. The van der Waals surface area contributed by atoms with Gasteiger partial charge in [-0.1, -0.05) is 205 Å². The van der Waals surface area contributed by atoms with E-state index in [4.69, 9.17) is 0 Å². The minimum absolute atomic E-state index is 0. The van der Waals surface area contributed by atoms with E-state index in [9.17, 15) is 47.9 Å². The summed E-state index contributed by atoms with van der Waals surface area (Å²) in [6.45, 7) is 47.4. The van der Waals surface area contributed by atoms with E-state index in [0.29, 0.717) is 47.0 Å². The molecule has 0 unspecified atom stereocenters. The van der Waals surface area contributed by atoms with Crippen LogP contribution in [0.25, 0.3) is 0 Å². The van der Waals surface area contributed by atoms with Crippen LogP contribution >= 0.6 is 0 Å². The standard InChI is InChI=1S/C16H24FN.C14H22FN.C13H21FN2.C11H16FNO2S.2C10H13F.3C9H11F.CH4/c1-13(2)15-10-14(11-16(17)12-15)6-5-9-18-7-3-4-8-18;1-11(2)13-8-12(9-14(15)10-13)6-5-7-16(3)4;1-10(2)11-7-12(14)9-13(8-11)15-5-6-16(3)4;1-8(2)10-4-9(5-11(12)6-10)7-13-16(3,14)15;2*1-7(2)9-4-8(3)5-10(11)6-9;1-7(2)8-3-5-9(10)6-4-8;1-7(2)8-4-3-5-9(10)6-8;1-7(2)8-5-3-4-6-9(8)10;/h10-13H,3-9H2,1-2H3;8-11H,5-7H2,1-4H3;7-10,15H,5-6H2,1-4H3;4-6,8,13H,7H2,1-3H3;2*4-7H,1-3H3;3*3-7H,1-2H3;1H4. The molecule has 7 nitrogen and oxygen atoms in total. The Hall–Kier alpha value is -8.06. The first-order valence-corrected chi connectivity index (χ1v) is 43.8. The summed E-state index contributed by atoms with van der Waals surface area (Å²) in [4.78, 5) is 6.76. The number of sulfonamides is 1. The predicted molar refractivity (Wildman–Crippen MR) is 490 cm³/mol. The molecule has 0 atom stereocenters. The SMILES string of the molecule is C.CC(C)c1cc(F)cc(CCCN(C)C)c1.CC(C)c1cc(F)cc(CCCN2CCCC2)c1.CC(C)c1cc(F)cc(CNS(C)(=O)=O)c1.CC(C)c1cc(F)cc(NCCN(C)C)c1.CC(C)c1ccc(F)cc1.CC(C)c1cccc(F)c1.CC(C)c1ccccc1F.Cc1cc(F)cc(C(C)C)c1.Cc1cc(F)cc(C(C)C)c1. The Balaban J connectivity index is 0.000000674. The number of hydrogen-bond acceptors (Lipinski definition) is 6. The molecule has 660 valence electrons. The van der Waals surface area contributed by atoms with Crippen molar-refractivity contribution in [2.24, 2.45) is 0 Å². The van der Waals surface area contributed by atoms with Gasteiger partial charge in [0.1, 0.15) is 52.4 Å². The quantitative estimate of drug-likeness (QED) is 0.0588. The minimum atomic E-state index is -3.24. The fraction of sp³-hybridized carbons (Fsp3) is 0.471. The Morgan fingerprint density at radius 3 is 1.10 bits per heavy atom. The van der Waals surface area contributed by atoms with Crippen molar-refractivity contribution in [2.75, 3.05) is 79.0 Å². The lowest BCUT2D eigenvalue weighted by Crippen LogP contribution is -2.21. The number of halogens is 9. The summed E-state index contributed by atoms with van der Waals surface area (Å²) >= 11 is 0. The Morgan fingerprint density at radius 1 is 0.361 bits per heavy atom. The first-order chi connectivity index (χ1) is 55.2. The maximum atomic E-state index is 13.5. The highest BCUT2D eigenvalue weighted by atomic mass is 32.2. The van der Waals surface area contributed by atoms with Gasteiger partial charge in [-0.05, 0) is 347 Å². The molecule has 0 spiro atoms. The van der Waals surface area contributed by atoms with Gasteiger partial charge in [0, 0.05) is 25.3 Å². The number of nitrogens with zero attached hydrogens (tertiary/aromatic N) is 3. The Kier molecular flexibility index (Phi) is 52.4. The van der Waals surface area contributed by atoms with Gasteiger partial charge in [-0.25, -0.2) is 52.7 Å². The van der Waals surface area contributed by atoms with Gasteiger partial charge in [0.05, 0.1) is 6.26 Å². The van der Waals surface area contributed by atoms with E-state index in [1.807, 2.05) is 110 Å². The van der Waals surface area contributed by atoms with Gasteiger partial charge < -0.3 is 20.0 Å². The third kappa shape index (κ3) is 48.8. The smallest absolute Gasteiger partial charge is 0.209 e. The van der Waals surface area contributed by atoms with E-state index < -0.39 is 10.0 Å². The van der Waals surface area contributed by atoms with Crippen LogP contribution in [0, 0.1) is 66.2 Å². The predicted octanol–water partition coefficient (Wildman–Crippen LogP) is 28.3. The lowest BCUT2D eigenvalue weighted by molar-refractivity contribution is 0.334. The molecular weight excluding hydrogens is 1530 g/mol. The lowest BCUT2D eigenvalue weighted by atomic mass is 9.98. The molecule has 119 heavy (non-hydrogen) atoms. The summed E-state index contributed by atoms with van der Waals surface area (Å²) in [5.74, 6) is 1.99. The third-order valence-corrected chi connectivity index (χ3v) is 19.9. The maximum absolute atomic E-state index is 13.5. The number of likely N-dealkylation sites (tertiary alicyclic amines) is 1. The third-order valence-electron chi connectivity index (χ3n) is 19.2. The van der Waals surface area contributed by atoms with E-state index in [2.05, 4.69) is 148 Å². The van der Waals surface area contributed by atoms with Crippen LogP contribution in [0.3, 0.4) is 0 Å². The van der Waals surface area contributed by atoms with E-state index >= 15 is 0 Å². The fourth-order valence-corrected chi connectivity index (χ4v) is 12.5. The van der Waals surface area contributed by atoms with Gasteiger partial charge >= 0.3 is 0 Å². The molecule has 0 aliphatic carbocycles. The van der Waals surface area contributed by atoms with Crippen molar-refractivity contribution in [3.05, 3.63) is 312 Å². The highest BCUT2D eigenvalue weighted by molar-refractivity contribution is 7.88. The fourth-order valence-electron chi connectivity index (χ4n) is 12.1. The molecule has 1 saturated heterocycles. The molecule has 1 fully saturated rings. The minimum Gasteiger partial charge on any atom is -0.384 e. The van der Waals surface area contributed by atoms with Gasteiger partial charge in [-0.3, -0.25) is 0 Å². The highest BCUT2D eigenvalue weighted by Gasteiger charge is 2.14. The van der Waals surface area contributed by atoms with Crippen molar-refractivity contribution in [3.8, 4) is 0 Å². The zero-order chi connectivity index (χ0) is 89.1. The molecule has 0 saturated carbocycles. The van der Waals surface area contributed by atoms with Crippen molar-refractivity contribution in [2.45, 2.75) is 244 Å². The van der Waals surface area contributed by atoms with Crippen LogP contribution in [0.4, 0.5) is 45.2 Å². The van der Waals surface area contributed by atoms with Crippen molar-refractivity contribution in [3.63, 3.8) is 0 Å². The number of likely N-dealkylation sites (N-methyl/N-ethyl adjacent to an activating group) is 1. The van der Waals surface area contributed by atoms with Crippen LogP contribution in [0.2, 0.25) is 0 Å². The lowest BCUT2D eigenvalue weighted by Gasteiger charge is -2.14. The Bertz CT molecular complexity index is 4260. The van der Waals surface area contributed by atoms with E-state index in [0.717, 1.165) is 131 Å². The average molecular weight is 1680 g/mol. The highest BCUT2D eigenvalue weighted by Crippen LogP contribution is 2.26. The average Bonchev–Trinajstić information content (AvgIpc) is 1.06. The number of aryl methyl sites for hydroxylation is 4. The Labute approximate surface area is 714 Å². The molecule has 2 N–H and O–H groups in total. The molecule has 10 rings (SSSR count). The van der Waals surface area contributed by atoms with Crippen molar-refractivity contribution in [1.29, 1.82) is 0 Å². The van der Waals surface area contributed by atoms with E-state index in [1.54, 1.807) is 78.9 Å². The molecule has 1 aliphatic rings. The van der Waals surface area contributed by atoms with Gasteiger partial charge in [-0.2, -0.15) is 0 Å². The second-order valence-electron chi connectivity index (χ2n) is 34.0. The molecule has 17 heteroatoms. The van der Waals surface area contributed by atoms with Crippen LogP contribution < -0.4 is 10.0 Å². The summed E-state index contributed by atoms with van der Waals surface area (Å²) in [5.41, 5.74) is 15.0. The molecule has 9 aromatic rings. The second-order valence-corrected chi connectivity index (χ2v) is 35.8. The van der Waals surface area contributed by atoms with Crippen molar-refractivity contribution >= 4 is 15.7 Å². The second kappa shape index (κ2) is 57.3. The molecule has 1 heterocycles. The van der Waals surface area contributed by atoms with Crippen LogP contribution in [-0.2, 0) is 29.4 Å². The van der Waals surface area contributed by atoms with Crippen LogP contribution in [0.5, 0.6) is 0 Å². The van der Waals surface area contributed by atoms with E-state index in [1.165, 1.54) is 67.9 Å². The van der Waals surface area contributed by atoms with Crippen LogP contribution in [0.15, 0.2) is 182 Å². The zero-order valence-electron chi connectivity index (χ0n) is 75.7. The summed E-state index contributed by atoms with van der Waals surface area (Å²) < 4.78 is 141. The maximum Gasteiger partial charge on any atom is 0.209 e. The monoisotopic (exact) mass is 1680 g/mol. The zero-order valence-corrected chi connectivity index (χ0v) is 76.5. The summed E-state index contributed by atoms with van der Waals surface area (Å²) in [6, 6.07) is 51.3. The summed E-state index contributed by atoms with van der Waals surface area (Å²) in [5, 5.41) is 3.23. The summed E-state index contributed by atoms with van der Waals surface area (Å²) in [6.07, 6.45) is 7.93. The van der Waals surface area contributed by atoms with Crippen LogP contribution in [0.1, 0.15) is 289 Å². The molecule has 1 aliphatic heterocycles. The molecule has 0 radical (unpaired) electrons. The number of rotatable bonds is 24. The van der Waals surface area contributed by atoms with Gasteiger partial charge in [0.2, 0.25) is 10.0 Å². The summed E-state index contributed by atoms with van der Waals surface area (Å²) in [7, 11) is 4.92. The molecule has 0 bridgehead atoms. The van der Waals surface area contributed by atoms with Gasteiger partial charge in [-0.15, -0.1) is 0 Å². The number of benzene rings is 9.